The molecule has 0 aliphatic carbocycles. The third kappa shape index (κ3) is 8.59. The molecule has 222 valence electrons. The van der Waals surface area contributed by atoms with Gasteiger partial charge in [-0.3, -0.25) is 0 Å². The Morgan fingerprint density at radius 2 is 1.93 bits per heavy atom. The lowest BCUT2D eigenvalue weighted by atomic mass is 9.87. The summed E-state index contributed by atoms with van der Waals surface area (Å²) in [5.41, 5.74) is 1.07. The fourth-order valence-electron chi connectivity index (χ4n) is 5.41. The SMILES string of the molecule is CCCCCCCc1cnc(N2CCC3(CC2)C[C@@H](NCC(O)COc2cccc(S(=O)(=O)NC)c2)CO3)nc1. The molecule has 4 rings (SSSR count). The zero-order valence-corrected chi connectivity index (χ0v) is 24.7. The Bertz CT molecular complexity index is 1160. The van der Waals surface area contributed by atoms with Crippen molar-refractivity contribution in [2.24, 2.45) is 0 Å². The number of ether oxygens (including phenoxy) is 2. The van der Waals surface area contributed by atoms with Gasteiger partial charge in [0.2, 0.25) is 16.0 Å². The van der Waals surface area contributed by atoms with Crippen LogP contribution in [0.1, 0.15) is 63.9 Å². The molecule has 10 nitrogen and oxygen atoms in total. The van der Waals surface area contributed by atoms with Gasteiger partial charge in [0.05, 0.1) is 17.1 Å². The number of aliphatic hydroxyl groups is 1. The lowest BCUT2D eigenvalue weighted by Crippen LogP contribution is -2.45. The first kappa shape index (κ1) is 30.6. The maximum Gasteiger partial charge on any atom is 0.240 e. The molecular formula is C29H45N5O5S. The first-order chi connectivity index (χ1) is 19.3. The number of aromatic nitrogens is 2. The van der Waals surface area contributed by atoms with Gasteiger partial charge in [0.25, 0.3) is 0 Å². The summed E-state index contributed by atoms with van der Waals surface area (Å²) in [5.74, 6) is 1.20. The van der Waals surface area contributed by atoms with Gasteiger partial charge in [-0.15, -0.1) is 0 Å². The Morgan fingerprint density at radius 1 is 1.18 bits per heavy atom. The minimum Gasteiger partial charge on any atom is -0.491 e. The van der Waals surface area contributed by atoms with E-state index >= 15 is 0 Å². The van der Waals surface area contributed by atoms with Crippen molar-refractivity contribution in [3.63, 3.8) is 0 Å². The van der Waals surface area contributed by atoms with Crippen LogP contribution in [0.2, 0.25) is 0 Å². The van der Waals surface area contributed by atoms with Crippen molar-refractivity contribution in [2.45, 2.75) is 87.4 Å². The van der Waals surface area contributed by atoms with Crippen LogP contribution in [-0.2, 0) is 21.2 Å². The number of aliphatic hydroxyl groups excluding tert-OH is 1. The largest absolute Gasteiger partial charge is 0.491 e. The average Bonchev–Trinajstić information content (AvgIpc) is 3.38. The quantitative estimate of drug-likeness (QED) is 0.275. The molecule has 0 saturated carbocycles. The maximum absolute atomic E-state index is 12.0. The second kappa shape index (κ2) is 14.5. The van der Waals surface area contributed by atoms with E-state index < -0.39 is 16.1 Å². The lowest BCUT2D eigenvalue weighted by molar-refractivity contribution is -0.0152. The van der Waals surface area contributed by atoms with Gasteiger partial charge in [-0.1, -0.05) is 38.7 Å². The van der Waals surface area contributed by atoms with Crippen LogP contribution in [0.15, 0.2) is 41.6 Å². The third-order valence-corrected chi connectivity index (χ3v) is 9.31. The maximum atomic E-state index is 12.0. The number of aryl methyl sites for hydroxylation is 1. The standard InChI is InChI=1S/C29H45N5O5S/c1-3-4-5-6-7-9-23-18-32-28(33-19-23)34-14-12-29(13-15-34)17-24(21-39-29)31-20-25(35)22-38-26-10-8-11-27(16-26)40(36,37)30-2/h8,10-11,16,18-19,24-25,30-31,35H,3-7,9,12-15,17,20-22H2,1-2H3/t24-,25?/m1/s1. The smallest absolute Gasteiger partial charge is 0.240 e. The molecule has 0 bridgehead atoms. The molecule has 2 aliphatic rings. The number of piperidine rings is 1. The molecule has 0 radical (unpaired) electrons. The van der Waals surface area contributed by atoms with Crippen LogP contribution in [0.3, 0.4) is 0 Å². The number of anilines is 1. The lowest BCUT2D eigenvalue weighted by Gasteiger charge is -2.38. The van der Waals surface area contributed by atoms with Gasteiger partial charge in [-0.05, 0) is 56.8 Å². The molecule has 1 unspecified atom stereocenters. The van der Waals surface area contributed by atoms with Crippen LogP contribution in [0.25, 0.3) is 0 Å². The van der Waals surface area contributed by atoms with E-state index in [-0.39, 0.29) is 23.1 Å². The number of hydrogen-bond acceptors (Lipinski definition) is 9. The number of nitrogens with zero attached hydrogens (tertiary/aromatic N) is 3. The third-order valence-electron chi connectivity index (χ3n) is 7.90. The van der Waals surface area contributed by atoms with Crippen LogP contribution < -0.4 is 19.7 Å². The molecule has 2 fully saturated rings. The predicted molar refractivity (Wildman–Crippen MR) is 155 cm³/mol. The summed E-state index contributed by atoms with van der Waals surface area (Å²) in [6.07, 6.45) is 13.4. The highest BCUT2D eigenvalue weighted by Gasteiger charge is 2.43. The summed E-state index contributed by atoms with van der Waals surface area (Å²) in [6.45, 7) is 5.00. The predicted octanol–water partition coefficient (Wildman–Crippen LogP) is 3.06. The molecule has 0 amide bonds. The van der Waals surface area contributed by atoms with Gasteiger partial charge in [-0.2, -0.15) is 0 Å². The Hall–Kier alpha value is -2.31. The van der Waals surface area contributed by atoms with Crippen LogP contribution in [0, 0.1) is 0 Å². The van der Waals surface area contributed by atoms with Crippen molar-refractivity contribution in [1.82, 2.24) is 20.0 Å². The monoisotopic (exact) mass is 575 g/mol. The van der Waals surface area contributed by atoms with Crippen molar-refractivity contribution in [2.75, 3.05) is 44.8 Å². The van der Waals surface area contributed by atoms with Crippen molar-refractivity contribution in [3.05, 3.63) is 42.2 Å². The highest BCUT2D eigenvalue weighted by atomic mass is 32.2. The molecule has 2 aromatic rings. The number of unbranched alkanes of at least 4 members (excludes halogenated alkanes) is 4. The summed E-state index contributed by atoms with van der Waals surface area (Å²) >= 11 is 0. The Kier molecular flexibility index (Phi) is 11.1. The Labute approximate surface area is 238 Å². The van der Waals surface area contributed by atoms with E-state index in [9.17, 15) is 13.5 Å². The van der Waals surface area contributed by atoms with Gasteiger partial charge < -0.3 is 24.8 Å². The summed E-state index contributed by atoms with van der Waals surface area (Å²) in [6, 6.07) is 6.39. The normalized spacial score (nSPS) is 19.7. The molecule has 1 spiro atoms. The van der Waals surface area contributed by atoms with Crippen LogP contribution in [0.5, 0.6) is 5.75 Å². The summed E-state index contributed by atoms with van der Waals surface area (Å²) in [4.78, 5) is 11.7. The van der Waals surface area contributed by atoms with Crippen LogP contribution in [-0.4, -0.2) is 81.1 Å². The van der Waals surface area contributed by atoms with E-state index in [0.29, 0.717) is 18.9 Å². The molecule has 3 N–H and O–H groups in total. The van der Waals surface area contributed by atoms with Crippen molar-refractivity contribution < 1.29 is 23.0 Å². The van der Waals surface area contributed by atoms with Gasteiger partial charge in [0.15, 0.2) is 0 Å². The van der Waals surface area contributed by atoms with Gasteiger partial charge in [0.1, 0.15) is 18.5 Å². The minimum atomic E-state index is -3.55. The van der Waals surface area contributed by atoms with Crippen LogP contribution >= 0.6 is 0 Å². The minimum absolute atomic E-state index is 0.0569. The summed E-state index contributed by atoms with van der Waals surface area (Å²) < 4.78 is 38.2. The molecule has 1 aromatic heterocycles. The first-order valence-electron chi connectivity index (χ1n) is 14.6. The summed E-state index contributed by atoms with van der Waals surface area (Å²) in [5, 5.41) is 13.8. The average molecular weight is 576 g/mol. The van der Waals surface area contributed by atoms with Gasteiger partial charge in [-0.25, -0.2) is 23.1 Å². The molecule has 1 aromatic carbocycles. The molecule has 3 heterocycles. The molecule has 11 heteroatoms. The fraction of sp³-hybridized carbons (Fsp3) is 0.655. The second-order valence-corrected chi connectivity index (χ2v) is 12.9. The zero-order chi connectivity index (χ0) is 28.4. The molecule has 40 heavy (non-hydrogen) atoms. The van der Waals surface area contributed by atoms with Crippen molar-refractivity contribution in [3.8, 4) is 5.75 Å². The number of sulfonamides is 1. The number of nitrogens with one attached hydrogen (secondary N) is 2. The van der Waals surface area contributed by atoms with E-state index in [1.165, 1.54) is 56.8 Å². The van der Waals surface area contributed by atoms with E-state index in [2.05, 4.69) is 31.8 Å². The van der Waals surface area contributed by atoms with E-state index in [1.54, 1.807) is 12.1 Å². The molecule has 2 aliphatic heterocycles. The number of hydrogen-bond donors (Lipinski definition) is 3. The highest BCUT2D eigenvalue weighted by molar-refractivity contribution is 7.89. The second-order valence-electron chi connectivity index (χ2n) is 11.0. The number of benzene rings is 1. The summed E-state index contributed by atoms with van der Waals surface area (Å²) in [7, 11) is -2.19. The van der Waals surface area contributed by atoms with Gasteiger partial charge >= 0.3 is 0 Å². The van der Waals surface area contributed by atoms with Crippen LogP contribution in [0.4, 0.5) is 5.95 Å². The Morgan fingerprint density at radius 3 is 2.65 bits per heavy atom. The van der Waals surface area contributed by atoms with E-state index in [4.69, 9.17) is 9.47 Å². The number of rotatable bonds is 15. The highest BCUT2D eigenvalue weighted by Crippen LogP contribution is 2.36. The Balaban J connectivity index is 1.15. The van der Waals surface area contributed by atoms with E-state index in [1.807, 2.05) is 12.4 Å². The fourth-order valence-corrected chi connectivity index (χ4v) is 6.18. The first-order valence-corrected chi connectivity index (χ1v) is 16.1. The molecular weight excluding hydrogens is 530 g/mol. The van der Waals surface area contributed by atoms with E-state index in [0.717, 1.165) is 44.7 Å². The molecule has 2 atom stereocenters. The zero-order valence-electron chi connectivity index (χ0n) is 23.8. The topological polar surface area (TPSA) is 126 Å². The molecule has 2 saturated heterocycles. The van der Waals surface area contributed by atoms with Crippen molar-refractivity contribution in [1.29, 1.82) is 0 Å². The van der Waals surface area contributed by atoms with Crippen molar-refractivity contribution >= 4 is 16.0 Å². The van der Waals surface area contributed by atoms with Gasteiger partial charge in [0, 0.05) is 44.1 Å².